The molecule has 0 aliphatic heterocycles. The molecule has 4 heteroatoms. The largest absolute Gasteiger partial charge is 0.492 e. The summed E-state index contributed by atoms with van der Waals surface area (Å²) in [4.78, 5) is 14.7. The van der Waals surface area contributed by atoms with Crippen LogP contribution in [-0.4, -0.2) is 37.9 Å². The fourth-order valence-electron chi connectivity index (χ4n) is 2.86. The van der Waals surface area contributed by atoms with Crippen molar-refractivity contribution in [2.75, 3.05) is 27.2 Å². The first-order chi connectivity index (χ1) is 11.6. The quantitative estimate of drug-likeness (QED) is 0.749. The molecule has 1 aliphatic carbocycles. The highest BCUT2D eigenvalue weighted by Crippen LogP contribution is 2.26. The smallest absolute Gasteiger partial charge is 0.189 e. The molecule has 3 nitrogen and oxygen atoms in total. The van der Waals surface area contributed by atoms with Crippen molar-refractivity contribution in [1.29, 1.82) is 0 Å². The summed E-state index contributed by atoms with van der Waals surface area (Å²) in [6.45, 7) is 1.56. The predicted molar refractivity (Wildman–Crippen MR) is 105 cm³/mol. The van der Waals surface area contributed by atoms with Gasteiger partial charge in [-0.1, -0.05) is 36.4 Å². The Morgan fingerprint density at radius 1 is 1.04 bits per heavy atom. The van der Waals surface area contributed by atoms with Gasteiger partial charge in [0.15, 0.2) is 5.78 Å². The Bertz CT molecular complexity index is 751. The first-order valence-corrected chi connectivity index (χ1v) is 8.34. The molecule has 25 heavy (non-hydrogen) atoms. The van der Waals surface area contributed by atoms with Crippen molar-refractivity contribution in [3.63, 3.8) is 0 Å². The summed E-state index contributed by atoms with van der Waals surface area (Å²) in [7, 11) is 4.05. The lowest BCUT2D eigenvalue weighted by atomic mass is 9.86. The number of halogens is 1. The van der Waals surface area contributed by atoms with E-state index in [1.54, 1.807) is 0 Å². The molecule has 0 heterocycles. The molecule has 3 rings (SSSR count). The molecule has 0 bridgehead atoms. The van der Waals surface area contributed by atoms with Gasteiger partial charge < -0.3 is 9.64 Å². The number of carbonyl (C=O) groups excluding carboxylic acids is 1. The average molecular weight is 358 g/mol. The van der Waals surface area contributed by atoms with Crippen molar-refractivity contribution in [2.45, 2.75) is 12.8 Å². The van der Waals surface area contributed by atoms with Crippen LogP contribution in [0, 0.1) is 0 Å². The highest BCUT2D eigenvalue weighted by Gasteiger charge is 2.20. The van der Waals surface area contributed by atoms with Crippen molar-refractivity contribution in [2.24, 2.45) is 0 Å². The highest BCUT2D eigenvalue weighted by atomic mass is 35.5. The number of carbonyl (C=O) groups is 1. The molecule has 0 aromatic heterocycles. The zero-order valence-corrected chi connectivity index (χ0v) is 15.5. The molecule has 2 aromatic rings. The van der Waals surface area contributed by atoms with E-state index in [2.05, 4.69) is 4.90 Å². The minimum atomic E-state index is 0. The number of Topliss-reactive ketones (excluding diaryl/α,β-unsaturated/α-hetero) is 1. The maximum Gasteiger partial charge on any atom is 0.189 e. The second-order valence-electron chi connectivity index (χ2n) is 6.38. The minimum absolute atomic E-state index is 0. The first kappa shape index (κ1) is 19.2. The number of ether oxygens (including phenoxy) is 1. The van der Waals surface area contributed by atoms with Gasteiger partial charge in [-0.15, -0.1) is 12.4 Å². The number of aryl methyl sites for hydroxylation is 1. The lowest BCUT2D eigenvalue weighted by molar-refractivity contribution is 0.102. The fourth-order valence-corrected chi connectivity index (χ4v) is 2.86. The molecule has 0 unspecified atom stereocenters. The summed E-state index contributed by atoms with van der Waals surface area (Å²) in [6, 6.07) is 15.8. The topological polar surface area (TPSA) is 29.5 Å². The molecule has 2 aromatic carbocycles. The Morgan fingerprint density at radius 3 is 2.48 bits per heavy atom. The summed E-state index contributed by atoms with van der Waals surface area (Å²) >= 11 is 0. The third-order valence-electron chi connectivity index (χ3n) is 4.25. The van der Waals surface area contributed by atoms with Gasteiger partial charge in [-0.25, -0.2) is 0 Å². The summed E-state index contributed by atoms with van der Waals surface area (Å²) < 4.78 is 5.70. The zero-order valence-electron chi connectivity index (χ0n) is 14.7. The number of likely N-dealkylation sites (N-methyl/N-ethyl adjacent to an activating group) is 1. The second kappa shape index (κ2) is 8.84. The van der Waals surface area contributed by atoms with Crippen LogP contribution >= 0.6 is 12.4 Å². The van der Waals surface area contributed by atoms with Crippen LogP contribution in [-0.2, 0) is 6.42 Å². The van der Waals surface area contributed by atoms with Crippen LogP contribution in [0.1, 0.15) is 27.9 Å². The van der Waals surface area contributed by atoms with E-state index >= 15 is 0 Å². The molecule has 0 spiro atoms. The van der Waals surface area contributed by atoms with E-state index in [-0.39, 0.29) is 18.2 Å². The molecular weight excluding hydrogens is 334 g/mol. The van der Waals surface area contributed by atoms with Gasteiger partial charge in [0.05, 0.1) is 0 Å². The Balaban J connectivity index is 0.00000225. The van der Waals surface area contributed by atoms with Crippen molar-refractivity contribution in [3.05, 3.63) is 70.8 Å². The number of fused-ring (bicyclic) bond motifs is 1. The molecule has 132 valence electrons. The molecule has 0 amide bonds. The van der Waals surface area contributed by atoms with E-state index in [1.165, 1.54) is 0 Å². The van der Waals surface area contributed by atoms with Crippen LogP contribution in [0.2, 0.25) is 0 Å². The molecule has 0 radical (unpaired) electrons. The van der Waals surface area contributed by atoms with Gasteiger partial charge in [-0.05, 0) is 56.3 Å². The number of rotatable bonds is 5. The number of hydrogen-bond donors (Lipinski definition) is 0. The third-order valence-corrected chi connectivity index (χ3v) is 4.25. The molecule has 0 atom stereocenters. The van der Waals surface area contributed by atoms with Gasteiger partial charge in [0.1, 0.15) is 12.4 Å². The lowest BCUT2D eigenvalue weighted by Gasteiger charge is -2.17. The van der Waals surface area contributed by atoms with E-state index in [1.807, 2.05) is 68.7 Å². The van der Waals surface area contributed by atoms with Gasteiger partial charge in [-0.2, -0.15) is 0 Å². The Hall–Kier alpha value is -2.10. The van der Waals surface area contributed by atoms with E-state index in [4.69, 9.17) is 4.74 Å². The summed E-state index contributed by atoms with van der Waals surface area (Å²) in [5, 5.41) is 0. The number of allylic oxidation sites excluding steroid dienone is 1. The van der Waals surface area contributed by atoms with Gasteiger partial charge in [0.2, 0.25) is 0 Å². The normalized spacial score (nSPS) is 15.0. The van der Waals surface area contributed by atoms with E-state index in [0.717, 1.165) is 47.4 Å². The molecule has 0 N–H and O–H groups in total. The van der Waals surface area contributed by atoms with Crippen LogP contribution in [0.3, 0.4) is 0 Å². The third kappa shape index (κ3) is 4.94. The first-order valence-electron chi connectivity index (χ1n) is 8.34. The van der Waals surface area contributed by atoms with E-state index in [9.17, 15) is 4.79 Å². The SMILES string of the molecule is CN(C)CCOc1ccc(/C=C2\CCc3ccccc3C2=O)cc1.Cl. The lowest BCUT2D eigenvalue weighted by Crippen LogP contribution is -2.19. The van der Waals surface area contributed by atoms with Gasteiger partial charge >= 0.3 is 0 Å². The van der Waals surface area contributed by atoms with Crippen molar-refractivity contribution in [3.8, 4) is 5.75 Å². The van der Waals surface area contributed by atoms with Gasteiger partial charge in [0, 0.05) is 17.7 Å². The van der Waals surface area contributed by atoms with Crippen molar-refractivity contribution >= 4 is 24.3 Å². The van der Waals surface area contributed by atoms with Crippen LogP contribution < -0.4 is 4.74 Å². The summed E-state index contributed by atoms with van der Waals surface area (Å²) in [5.74, 6) is 1.02. The van der Waals surface area contributed by atoms with Crippen LogP contribution in [0.25, 0.3) is 6.08 Å². The minimum Gasteiger partial charge on any atom is -0.492 e. The Kier molecular flexibility index (Phi) is 6.80. The number of benzene rings is 2. The van der Waals surface area contributed by atoms with Crippen molar-refractivity contribution < 1.29 is 9.53 Å². The van der Waals surface area contributed by atoms with E-state index in [0.29, 0.717) is 6.61 Å². The maximum atomic E-state index is 12.6. The zero-order chi connectivity index (χ0) is 16.9. The Morgan fingerprint density at radius 2 is 1.76 bits per heavy atom. The van der Waals surface area contributed by atoms with Crippen molar-refractivity contribution in [1.82, 2.24) is 4.90 Å². The highest BCUT2D eigenvalue weighted by molar-refractivity contribution is 6.13. The number of ketones is 1. The van der Waals surface area contributed by atoms with Crippen LogP contribution in [0.5, 0.6) is 5.75 Å². The molecule has 1 aliphatic rings. The maximum absolute atomic E-state index is 12.6. The fraction of sp³-hybridized carbons (Fsp3) is 0.286. The summed E-state index contributed by atoms with van der Waals surface area (Å²) in [5.41, 5.74) is 3.93. The number of hydrogen-bond acceptors (Lipinski definition) is 3. The standard InChI is InChI=1S/C21H23NO2.ClH/c1-22(2)13-14-24-19-11-7-16(8-12-19)15-18-10-9-17-5-3-4-6-20(17)21(18)23;/h3-8,11-12,15H,9-10,13-14H2,1-2H3;1H/b18-15+;. The van der Waals surface area contributed by atoms with Crippen LogP contribution in [0.4, 0.5) is 0 Å². The molecular formula is C21H24ClNO2. The average Bonchev–Trinajstić information content (AvgIpc) is 2.59. The predicted octanol–water partition coefficient (Wildman–Crippen LogP) is 4.26. The Labute approximate surface area is 155 Å². The van der Waals surface area contributed by atoms with Crippen LogP contribution in [0.15, 0.2) is 54.1 Å². The van der Waals surface area contributed by atoms with Gasteiger partial charge in [-0.3, -0.25) is 4.79 Å². The monoisotopic (exact) mass is 357 g/mol. The van der Waals surface area contributed by atoms with E-state index < -0.39 is 0 Å². The van der Waals surface area contributed by atoms with Gasteiger partial charge in [0.25, 0.3) is 0 Å². The molecule has 0 saturated carbocycles. The number of nitrogens with zero attached hydrogens (tertiary/aromatic N) is 1. The second-order valence-corrected chi connectivity index (χ2v) is 6.38. The molecule has 0 saturated heterocycles. The molecule has 0 fully saturated rings. The summed E-state index contributed by atoms with van der Waals surface area (Å²) in [6.07, 6.45) is 3.73.